The molecule has 0 aliphatic heterocycles. The quantitative estimate of drug-likeness (QED) is 0.362. The smallest absolute Gasteiger partial charge is 0.351 e. The molecule has 0 amide bonds. The van der Waals surface area contributed by atoms with Crippen molar-refractivity contribution in [3.05, 3.63) is 69.3 Å². The molecule has 0 saturated carbocycles. The highest BCUT2D eigenvalue weighted by Gasteiger charge is 2.11. The predicted molar refractivity (Wildman–Crippen MR) is 115 cm³/mol. The minimum atomic E-state index is -0.398. The second-order valence-electron chi connectivity index (χ2n) is 6.03. The van der Waals surface area contributed by atoms with Crippen molar-refractivity contribution in [2.45, 2.75) is 24.6 Å². The topological polar surface area (TPSA) is 75.3 Å². The molecule has 0 saturated heterocycles. The Morgan fingerprint density at radius 2 is 2.03 bits per heavy atom. The zero-order valence-corrected chi connectivity index (χ0v) is 18.4. The Balaban J connectivity index is 1.65. The maximum atomic E-state index is 12.6. The molecule has 0 radical (unpaired) electrons. The van der Waals surface area contributed by atoms with Crippen LogP contribution in [0.2, 0.25) is 0 Å². The summed E-state index contributed by atoms with van der Waals surface area (Å²) in [6, 6.07) is 13.1. The molecule has 0 N–H and O–H groups in total. The number of esters is 1. The molecule has 2 aromatic carbocycles. The molecular formula is C20H20BrN3O4S. The molecule has 7 nitrogen and oxygen atoms in total. The largest absolute Gasteiger partial charge is 0.482 e. The lowest BCUT2D eigenvalue weighted by Crippen LogP contribution is -2.23. The van der Waals surface area contributed by atoms with Crippen molar-refractivity contribution >= 4 is 33.7 Å². The summed E-state index contributed by atoms with van der Waals surface area (Å²) >= 11 is 4.94. The summed E-state index contributed by atoms with van der Waals surface area (Å²) in [5.41, 5.74) is 1.42. The van der Waals surface area contributed by atoms with Gasteiger partial charge in [-0.1, -0.05) is 12.1 Å². The van der Waals surface area contributed by atoms with Crippen LogP contribution in [0.25, 0.3) is 5.69 Å². The summed E-state index contributed by atoms with van der Waals surface area (Å²) in [5, 5.41) is 4.20. The fourth-order valence-corrected chi connectivity index (χ4v) is 3.94. The number of thioether (sulfide) groups is 1. The summed E-state index contributed by atoms with van der Waals surface area (Å²) < 4.78 is 14.1. The molecular weight excluding hydrogens is 458 g/mol. The van der Waals surface area contributed by atoms with Crippen LogP contribution in [0.4, 0.5) is 0 Å². The molecule has 0 spiro atoms. The summed E-state index contributed by atoms with van der Waals surface area (Å²) in [4.78, 5) is 25.0. The summed E-state index contributed by atoms with van der Waals surface area (Å²) in [6.07, 6.45) is 1.51. The van der Waals surface area contributed by atoms with Gasteiger partial charge in [-0.15, -0.1) is 11.8 Å². The van der Waals surface area contributed by atoms with Gasteiger partial charge in [0.15, 0.2) is 6.61 Å². The SMILES string of the molecule is CCOC(=O)COc1ccc(SCn2ncn(-c3ccccc3Br)c2=O)cc1C. The normalized spacial score (nSPS) is 10.7. The van der Waals surface area contributed by atoms with Crippen LogP contribution in [0.3, 0.4) is 0 Å². The molecule has 9 heteroatoms. The highest BCUT2D eigenvalue weighted by molar-refractivity contribution is 9.10. The lowest BCUT2D eigenvalue weighted by molar-refractivity contribution is -0.145. The lowest BCUT2D eigenvalue weighted by atomic mass is 10.2. The van der Waals surface area contributed by atoms with Crippen molar-refractivity contribution in [3.63, 3.8) is 0 Å². The Hall–Kier alpha value is -2.52. The molecule has 0 atom stereocenters. The van der Waals surface area contributed by atoms with Crippen LogP contribution in [0.5, 0.6) is 5.75 Å². The number of benzene rings is 2. The maximum absolute atomic E-state index is 12.6. The molecule has 0 unspecified atom stereocenters. The minimum absolute atomic E-state index is 0.122. The van der Waals surface area contributed by atoms with Crippen LogP contribution in [-0.2, 0) is 15.4 Å². The third-order valence-electron chi connectivity index (χ3n) is 4.00. The number of aryl methyl sites for hydroxylation is 1. The molecule has 152 valence electrons. The Bertz CT molecular complexity index is 1060. The monoisotopic (exact) mass is 477 g/mol. The fourth-order valence-electron chi connectivity index (χ4n) is 2.59. The molecule has 0 fully saturated rings. The van der Waals surface area contributed by atoms with E-state index in [1.165, 1.54) is 27.3 Å². The number of para-hydroxylation sites is 1. The van der Waals surface area contributed by atoms with Crippen molar-refractivity contribution in [3.8, 4) is 11.4 Å². The van der Waals surface area contributed by atoms with E-state index in [-0.39, 0.29) is 12.3 Å². The second kappa shape index (κ2) is 9.80. The summed E-state index contributed by atoms with van der Waals surface area (Å²) in [6.45, 7) is 3.86. The zero-order valence-electron chi connectivity index (χ0n) is 16.0. The average Bonchev–Trinajstić information content (AvgIpc) is 3.06. The van der Waals surface area contributed by atoms with E-state index < -0.39 is 5.97 Å². The number of hydrogen-bond acceptors (Lipinski definition) is 6. The number of aromatic nitrogens is 3. The van der Waals surface area contributed by atoms with Gasteiger partial charge in [-0.3, -0.25) is 0 Å². The number of nitrogens with zero attached hydrogens (tertiary/aromatic N) is 3. The highest BCUT2D eigenvalue weighted by atomic mass is 79.9. The van der Waals surface area contributed by atoms with E-state index in [2.05, 4.69) is 21.0 Å². The molecule has 1 heterocycles. The van der Waals surface area contributed by atoms with E-state index in [9.17, 15) is 9.59 Å². The van der Waals surface area contributed by atoms with E-state index >= 15 is 0 Å². The third-order valence-corrected chi connectivity index (χ3v) is 5.63. The van der Waals surface area contributed by atoms with E-state index in [0.29, 0.717) is 18.2 Å². The molecule has 1 aromatic heterocycles. The van der Waals surface area contributed by atoms with E-state index in [0.717, 1.165) is 20.6 Å². The van der Waals surface area contributed by atoms with Gasteiger partial charge in [-0.2, -0.15) is 5.10 Å². The molecule has 29 heavy (non-hydrogen) atoms. The Kier molecular flexibility index (Phi) is 7.16. The van der Waals surface area contributed by atoms with Crippen LogP contribution < -0.4 is 10.4 Å². The molecule has 3 aromatic rings. The summed E-state index contributed by atoms with van der Waals surface area (Å²) in [5.74, 6) is 0.599. The second-order valence-corrected chi connectivity index (χ2v) is 7.90. The van der Waals surface area contributed by atoms with Gasteiger partial charge >= 0.3 is 11.7 Å². The Morgan fingerprint density at radius 1 is 1.24 bits per heavy atom. The Morgan fingerprint density at radius 3 is 2.76 bits per heavy atom. The first kappa shape index (κ1) is 21.2. The van der Waals surface area contributed by atoms with Gasteiger partial charge in [0.1, 0.15) is 12.1 Å². The predicted octanol–water partition coefficient (Wildman–Crippen LogP) is 3.80. The highest BCUT2D eigenvalue weighted by Crippen LogP contribution is 2.26. The first-order chi connectivity index (χ1) is 14.0. The van der Waals surface area contributed by atoms with Crippen LogP contribution >= 0.6 is 27.7 Å². The van der Waals surface area contributed by atoms with Crippen molar-refractivity contribution in [1.82, 2.24) is 14.3 Å². The van der Waals surface area contributed by atoms with Crippen molar-refractivity contribution < 1.29 is 14.3 Å². The van der Waals surface area contributed by atoms with Crippen LogP contribution in [0.15, 0.2) is 63.0 Å². The Labute approximate surface area is 180 Å². The maximum Gasteiger partial charge on any atom is 0.351 e. The molecule has 0 bridgehead atoms. The first-order valence-electron chi connectivity index (χ1n) is 8.91. The van der Waals surface area contributed by atoms with E-state index in [1.54, 1.807) is 13.0 Å². The van der Waals surface area contributed by atoms with Gasteiger partial charge in [-0.25, -0.2) is 18.8 Å². The van der Waals surface area contributed by atoms with Crippen molar-refractivity contribution in [1.29, 1.82) is 0 Å². The molecule has 0 aliphatic rings. The fraction of sp³-hybridized carbons (Fsp3) is 0.250. The number of hydrogen-bond donors (Lipinski definition) is 0. The van der Waals surface area contributed by atoms with Gasteiger partial charge < -0.3 is 9.47 Å². The number of carbonyl (C=O) groups excluding carboxylic acids is 1. The van der Waals surface area contributed by atoms with Gasteiger partial charge in [0.2, 0.25) is 0 Å². The van der Waals surface area contributed by atoms with Gasteiger partial charge in [0.05, 0.1) is 18.2 Å². The van der Waals surface area contributed by atoms with Crippen LogP contribution in [-0.4, -0.2) is 33.5 Å². The van der Waals surface area contributed by atoms with Crippen molar-refractivity contribution in [2.24, 2.45) is 0 Å². The molecule has 3 rings (SSSR count). The third kappa shape index (κ3) is 5.30. The van der Waals surface area contributed by atoms with Crippen molar-refractivity contribution in [2.75, 3.05) is 13.2 Å². The number of rotatable bonds is 8. The van der Waals surface area contributed by atoms with Gasteiger partial charge in [-0.05, 0) is 65.7 Å². The summed E-state index contributed by atoms with van der Waals surface area (Å²) in [7, 11) is 0. The van der Waals surface area contributed by atoms with Crippen LogP contribution in [0.1, 0.15) is 12.5 Å². The first-order valence-corrected chi connectivity index (χ1v) is 10.7. The zero-order chi connectivity index (χ0) is 20.8. The van der Waals surface area contributed by atoms with E-state index in [1.807, 2.05) is 43.3 Å². The average molecular weight is 478 g/mol. The molecule has 0 aliphatic carbocycles. The van der Waals surface area contributed by atoms with Gasteiger partial charge in [0.25, 0.3) is 0 Å². The minimum Gasteiger partial charge on any atom is -0.482 e. The number of carbonyl (C=O) groups is 1. The van der Waals surface area contributed by atoms with Gasteiger partial charge in [0, 0.05) is 9.37 Å². The van der Waals surface area contributed by atoms with E-state index in [4.69, 9.17) is 9.47 Å². The number of ether oxygens (including phenoxy) is 2. The lowest BCUT2D eigenvalue weighted by Gasteiger charge is -2.10. The number of halogens is 1. The van der Waals surface area contributed by atoms with Crippen LogP contribution in [0, 0.1) is 6.92 Å². The standard InChI is InChI=1S/C20H20BrN3O4S/c1-3-27-19(25)11-28-18-9-8-15(10-14(18)2)29-13-24-20(26)23(12-22-24)17-7-5-4-6-16(17)21/h4-10,12H,3,11,13H2,1-2H3.